The van der Waals surface area contributed by atoms with Crippen molar-refractivity contribution in [3.05, 3.63) is 53.6 Å². The Kier molecular flexibility index (Phi) is 5.79. The van der Waals surface area contributed by atoms with Crippen molar-refractivity contribution >= 4 is 27.3 Å². The standard InChI is InChI=1S/C19H23N3O4S/c1-13-4-3-5-16(10-13)22-27(24,25)18-11-15(7-6-14(18)2)21-19(23)17-12-26-9-8-20-17/h3-7,10-11,17,20,22H,8-9,12H2,1-2H3,(H,21,23). The van der Waals surface area contributed by atoms with E-state index in [1.54, 1.807) is 37.3 Å². The van der Waals surface area contributed by atoms with Crippen LogP contribution in [0.15, 0.2) is 47.4 Å². The van der Waals surface area contributed by atoms with E-state index in [-0.39, 0.29) is 17.4 Å². The number of amides is 1. The number of ether oxygens (including phenoxy) is 1. The maximum atomic E-state index is 12.8. The SMILES string of the molecule is Cc1cccc(NS(=O)(=O)c2cc(NC(=O)C3COCCN3)ccc2C)c1. The fraction of sp³-hybridized carbons (Fsp3) is 0.316. The molecular weight excluding hydrogens is 366 g/mol. The number of rotatable bonds is 5. The lowest BCUT2D eigenvalue weighted by molar-refractivity contribution is -0.120. The molecule has 0 aromatic heterocycles. The Morgan fingerprint density at radius 3 is 2.67 bits per heavy atom. The van der Waals surface area contributed by atoms with Gasteiger partial charge in [0.25, 0.3) is 10.0 Å². The summed E-state index contributed by atoms with van der Waals surface area (Å²) in [6.45, 7) is 5.07. The number of aryl methyl sites for hydroxylation is 2. The van der Waals surface area contributed by atoms with Gasteiger partial charge in [-0.25, -0.2) is 8.42 Å². The first kappa shape index (κ1) is 19.3. The minimum absolute atomic E-state index is 0.120. The first-order valence-electron chi connectivity index (χ1n) is 8.67. The van der Waals surface area contributed by atoms with Crippen LogP contribution in [0, 0.1) is 13.8 Å². The zero-order valence-electron chi connectivity index (χ0n) is 15.3. The van der Waals surface area contributed by atoms with Gasteiger partial charge in [0.15, 0.2) is 0 Å². The summed E-state index contributed by atoms with van der Waals surface area (Å²) in [5, 5.41) is 5.82. The molecule has 1 aliphatic heterocycles. The summed E-state index contributed by atoms with van der Waals surface area (Å²) < 4.78 is 33.5. The normalized spacial score (nSPS) is 17.3. The van der Waals surface area contributed by atoms with Gasteiger partial charge in [0.1, 0.15) is 6.04 Å². The zero-order valence-corrected chi connectivity index (χ0v) is 16.1. The lowest BCUT2D eigenvalue weighted by atomic mass is 10.2. The van der Waals surface area contributed by atoms with Crippen LogP contribution in [0.25, 0.3) is 0 Å². The van der Waals surface area contributed by atoms with Gasteiger partial charge >= 0.3 is 0 Å². The quantitative estimate of drug-likeness (QED) is 0.727. The summed E-state index contributed by atoms with van der Waals surface area (Å²) in [6, 6.07) is 11.5. The van der Waals surface area contributed by atoms with Crippen molar-refractivity contribution in [3.8, 4) is 0 Å². The highest BCUT2D eigenvalue weighted by molar-refractivity contribution is 7.92. The lowest BCUT2D eigenvalue weighted by Gasteiger charge is -2.23. The molecule has 0 radical (unpaired) electrons. The third-order valence-electron chi connectivity index (χ3n) is 4.25. The molecule has 1 amide bonds. The Morgan fingerprint density at radius 1 is 1.15 bits per heavy atom. The number of carbonyl (C=O) groups is 1. The van der Waals surface area contributed by atoms with Crippen LogP contribution in [0.4, 0.5) is 11.4 Å². The number of sulfonamides is 1. The van der Waals surface area contributed by atoms with E-state index in [1.165, 1.54) is 6.07 Å². The Morgan fingerprint density at radius 2 is 1.96 bits per heavy atom. The molecule has 1 fully saturated rings. The van der Waals surface area contributed by atoms with Gasteiger partial charge in [0.2, 0.25) is 5.91 Å². The third kappa shape index (κ3) is 4.85. The zero-order chi connectivity index (χ0) is 19.4. The molecule has 0 aliphatic carbocycles. The molecule has 2 aromatic carbocycles. The highest BCUT2D eigenvalue weighted by atomic mass is 32.2. The van der Waals surface area contributed by atoms with Crippen molar-refractivity contribution in [3.63, 3.8) is 0 Å². The van der Waals surface area contributed by atoms with Gasteiger partial charge in [-0.1, -0.05) is 18.2 Å². The van der Waals surface area contributed by atoms with Crippen LogP contribution in [0.3, 0.4) is 0 Å². The number of anilines is 2. The Balaban J connectivity index is 1.80. The Hall–Kier alpha value is -2.42. The molecule has 0 spiro atoms. The maximum Gasteiger partial charge on any atom is 0.262 e. The van der Waals surface area contributed by atoms with E-state index < -0.39 is 16.1 Å². The maximum absolute atomic E-state index is 12.8. The van der Waals surface area contributed by atoms with Crippen molar-refractivity contribution in [2.24, 2.45) is 0 Å². The van der Waals surface area contributed by atoms with Crippen LogP contribution in [0.5, 0.6) is 0 Å². The van der Waals surface area contributed by atoms with Gasteiger partial charge in [-0.15, -0.1) is 0 Å². The first-order valence-corrected chi connectivity index (χ1v) is 10.2. The molecule has 0 bridgehead atoms. The van der Waals surface area contributed by atoms with Crippen LogP contribution >= 0.6 is 0 Å². The number of carbonyl (C=O) groups excluding carboxylic acids is 1. The summed E-state index contributed by atoms with van der Waals surface area (Å²) in [7, 11) is -3.79. The van der Waals surface area contributed by atoms with E-state index in [9.17, 15) is 13.2 Å². The van der Waals surface area contributed by atoms with Gasteiger partial charge in [-0.3, -0.25) is 9.52 Å². The van der Waals surface area contributed by atoms with Crippen LogP contribution < -0.4 is 15.4 Å². The molecule has 3 N–H and O–H groups in total. The van der Waals surface area contributed by atoms with Gasteiger partial charge in [0.05, 0.1) is 18.1 Å². The van der Waals surface area contributed by atoms with E-state index in [4.69, 9.17) is 4.74 Å². The number of hydrogen-bond acceptors (Lipinski definition) is 5. The number of morpholine rings is 1. The number of hydrogen-bond donors (Lipinski definition) is 3. The summed E-state index contributed by atoms with van der Waals surface area (Å²) in [5.41, 5.74) is 2.46. The molecule has 1 aliphatic rings. The van der Waals surface area contributed by atoms with Crippen LogP contribution in [0.2, 0.25) is 0 Å². The van der Waals surface area contributed by atoms with E-state index in [0.29, 0.717) is 30.1 Å². The minimum atomic E-state index is -3.79. The predicted molar refractivity (Wildman–Crippen MR) is 104 cm³/mol. The molecule has 0 saturated carbocycles. The van der Waals surface area contributed by atoms with Crippen molar-refractivity contribution in [1.29, 1.82) is 0 Å². The van der Waals surface area contributed by atoms with Crippen molar-refractivity contribution < 1.29 is 17.9 Å². The van der Waals surface area contributed by atoms with Gasteiger partial charge < -0.3 is 15.4 Å². The first-order chi connectivity index (χ1) is 12.8. The highest BCUT2D eigenvalue weighted by Crippen LogP contribution is 2.23. The Labute approximate surface area is 159 Å². The molecule has 1 saturated heterocycles. The monoisotopic (exact) mass is 389 g/mol. The number of nitrogens with one attached hydrogen (secondary N) is 3. The van der Waals surface area contributed by atoms with E-state index in [0.717, 1.165) is 5.56 Å². The van der Waals surface area contributed by atoms with E-state index >= 15 is 0 Å². The molecule has 7 nitrogen and oxygen atoms in total. The van der Waals surface area contributed by atoms with Crippen molar-refractivity contribution in [1.82, 2.24) is 5.32 Å². The van der Waals surface area contributed by atoms with Crippen molar-refractivity contribution in [2.75, 3.05) is 29.8 Å². The second kappa shape index (κ2) is 8.08. The third-order valence-corrected chi connectivity index (χ3v) is 5.78. The molecule has 2 aromatic rings. The summed E-state index contributed by atoms with van der Waals surface area (Å²) in [5.74, 6) is -0.256. The average Bonchev–Trinajstić information content (AvgIpc) is 2.63. The summed E-state index contributed by atoms with van der Waals surface area (Å²) >= 11 is 0. The second-order valence-electron chi connectivity index (χ2n) is 6.53. The number of benzene rings is 2. The van der Waals surface area contributed by atoms with Crippen LogP contribution in [-0.2, 0) is 19.6 Å². The molecule has 1 unspecified atom stereocenters. The molecule has 3 rings (SSSR count). The van der Waals surface area contributed by atoms with Gasteiger partial charge in [0, 0.05) is 17.9 Å². The average molecular weight is 389 g/mol. The molecule has 144 valence electrons. The molecule has 1 heterocycles. The van der Waals surface area contributed by atoms with Crippen LogP contribution in [-0.4, -0.2) is 40.1 Å². The molecule has 8 heteroatoms. The van der Waals surface area contributed by atoms with E-state index in [2.05, 4.69) is 15.4 Å². The second-order valence-corrected chi connectivity index (χ2v) is 8.18. The molecule has 27 heavy (non-hydrogen) atoms. The van der Waals surface area contributed by atoms with Gasteiger partial charge in [-0.05, 0) is 49.2 Å². The van der Waals surface area contributed by atoms with Crippen molar-refractivity contribution in [2.45, 2.75) is 24.8 Å². The van der Waals surface area contributed by atoms with Gasteiger partial charge in [-0.2, -0.15) is 0 Å². The summed E-state index contributed by atoms with van der Waals surface area (Å²) in [6.07, 6.45) is 0. The fourth-order valence-corrected chi connectivity index (χ4v) is 4.17. The fourth-order valence-electron chi connectivity index (χ4n) is 2.85. The smallest absolute Gasteiger partial charge is 0.262 e. The molecular formula is C19H23N3O4S. The topological polar surface area (TPSA) is 96.5 Å². The minimum Gasteiger partial charge on any atom is -0.378 e. The highest BCUT2D eigenvalue weighted by Gasteiger charge is 2.23. The summed E-state index contributed by atoms with van der Waals surface area (Å²) in [4.78, 5) is 12.4. The lowest BCUT2D eigenvalue weighted by Crippen LogP contribution is -2.48. The van der Waals surface area contributed by atoms with E-state index in [1.807, 2.05) is 13.0 Å². The largest absolute Gasteiger partial charge is 0.378 e. The molecule has 1 atom stereocenters. The van der Waals surface area contributed by atoms with Crippen LogP contribution in [0.1, 0.15) is 11.1 Å². The predicted octanol–water partition coefficient (Wildman–Crippen LogP) is 2.03. The Bertz CT molecular complexity index is 938.